The van der Waals surface area contributed by atoms with Gasteiger partial charge in [0.05, 0.1) is 18.3 Å². The van der Waals surface area contributed by atoms with Crippen molar-refractivity contribution in [3.8, 4) is 5.75 Å². The van der Waals surface area contributed by atoms with Crippen LogP contribution in [0.2, 0.25) is 5.02 Å². The molecular weight excluding hydrogens is 396 g/mol. The molecule has 0 amide bonds. The highest BCUT2D eigenvalue weighted by molar-refractivity contribution is 6.30. The van der Waals surface area contributed by atoms with Crippen molar-refractivity contribution < 1.29 is 30.0 Å². The van der Waals surface area contributed by atoms with Gasteiger partial charge >= 0.3 is 5.97 Å². The molecule has 0 radical (unpaired) electrons. The second-order valence-corrected chi connectivity index (χ2v) is 8.13. The standard InChI is InChI=1S/C22H31ClO6/c23-15-6-5-7-17(12-15)29-14-16(24)10-11-19-18(20(25)13-21(19)26)8-3-1-2-4-9-22(27)28/h1,3,5-7,12,16,18-21,24-26H,2,4,8-11,13-14H2,(H,27,28)/b3-1-/t16-,18+,19+,20-,21+/m0/s1. The number of unbranched alkanes of at least 4 members (excludes halogenated alkanes) is 1. The minimum Gasteiger partial charge on any atom is -0.491 e. The molecule has 1 aliphatic rings. The van der Waals surface area contributed by atoms with Crippen LogP contribution in [0.1, 0.15) is 44.9 Å². The van der Waals surface area contributed by atoms with Crippen molar-refractivity contribution in [3.05, 3.63) is 41.4 Å². The lowest BCUT2D eigenvalue weighted by molar-refractivity contribution is -0.137. The van der Waals surface area contributed by atoms with Gasteiger partial charge in [0, 0.05) is 11.4 Å². The van der Waals surface area contributed by atoms with E-state index in [0.29, 0.717) is 49.3 Å². The molecule has 0 heterocycles. The minimum atomic E-state index is -0.800. The number of carbonyl (C=O) groups is 1. The van der Waals surface area contributed by atoms with Gasteiger partial charge < -0.3 is 25.2 Å². The van der Waals surface area contributed by atoms with Crippen molar-refractivity contribution in [3.63, 3.8) is 0 Å². The fourth-order valence-electron chi connectivity index (χ4n) is 3.87. The average Bonchev–Trinajstić information content (AvgIpc) is 2.93. The summed E-state index contributed by atoms with van der Waals surface area (Å²) < 4.78 is 5.56. The first-order valence-corrected chi connectivity index (χ1v) is 10.5. The van der Waals surface area contributed by atoms with Crippen LogP contribution in [0.3, 0.4) is 0 Å². The topological polar surface area (TPSA) is 107 Å². The molecule has 0 bridgehead atoms. The van der Waals surface area contributed by atoms with Crippen LogP contribution < -0.4 is 4.74 Å². The average molecular weight is 427 g/mol. The molecule has 29 heavy (non-hydrogen) atoms. The van der Waals surface area contributed by atoms with Crippen molar-refractivity contribution in [1.82, 2.24) is 0 Å². The summed E-state index contributed by atoms with van der Waals surface area (Å²) in [5.41, 5.74) is 0. The summed E-state index contributed by atoms with van der Waals surface area (Å²) in [6.07, 6.45) is 5.51. The molecule has 1 fully saturated rings. The van der Waals surface area contributed by atoms with Crippen LogP contribution in [0.4, 0.5) is 0 Å². The smallest absolute Gasteiger partial charge is 0.303 e. The molecule has 1 saturated carbocycles. The molecule has 1 aromatic rings. The number of halogens is 1. The Kier molecular flexibility index (Phi) is 9.94. The number of hydrogen-bond acceptors (Lipinski definition) is 5. The van der Waals surface area contributed by atoms with Crippen molar-refractivity contribution in [2.45, 2.75) is 63.3 Å². The van der Waals surface area contributed by atoms with Crippen LogP contribution in [0.15, 0.2) is 36.4 Å². The predicted octanol–water partition coefficient (Wildman–Crippen LogP) is 3.42. The van der Waals surface area contributed by atoms with Crippen molar-refractivity contribution in [2.24, 2.45) is 11.8 Å². The van der Waals surface area contributed by atoms with E-state index in [2.05, 4.69) is 0 Å². The second kappa shape index (κ2) is 12.2. The van der Waals surface area contributed by atoms with Gasteiger partial charge in [-0.05, 0) is 68.6 Å². The summed E-state index contributed by atoms with van der Waals surface area (Å²) in [5, 5.41) is 40.0. The van der Waals surface area contributed by atoms with E-state index in [9.17, 15) is 20.1 Å². The van der Waals surface area contributed by atoms with Crippen LogP contribution in [-0.4, -0.2) is 51.3 Å². The summed E-state index contributed by atoms with van der Waals surface area (Å²) in [6, 6.07) is 6.98. The first kappa shape index (κ1) is 23.7. The van der Waals surface area contributed by atoms with Crippen molar-refractivity contribution in [1.29, 1.82) is 0 Å². The number of aliphatic hydroxyl groups excluding tert-OH is 3. The number of aliphatic hydroxyl groups is 3. The zero-order valence-electron chi connectivity index (χ0n) is 16.5. The van der Waals surface area contributed by atoms with Crippen LogP contribution in [-0.2, 0) is 4.79 Å². The summed E-state index contributed by atoms with van der Waals surface area (Å²) in [6.45, 7) is 0.139. The summed E-state index contributed by atoms with van der Waals surface area (Å²) >= 11 is 5.91. The number of allylic oxidation sites excluding steroid dienone is 2. The summed E-state index contributed by atoms with van der Waals surface area (Å²) in [4.78, 5) is 10.5. The van der Waals surface area contributed by atoms with E-state index in [4.69, 9.17) is 21.4 Å². The van der Waals surface area contributed by atoms with Crippen LogP contribution in [0, 0.1) is 11.8 Å². The molecule has 7 heteroatoms. The van der Waals surface area contributed by atoms with E-state index in [0.717, 1.165) is 0 Å². The molecule has 1 aromatic carbocycles. The Labute approximate surface area is 176 Å². The molecule has 0 unspecified atom stereocenters. The lowest BCUT2D eigenvalue weighted by Crippen LogP contribution is -2.25. The number of hydrogen-bond donors (Lipinski definition) is 4. The molecule has 0 saturated heterocycles. The monoisotopic (exact) mass is 426 g/mol. The van der Waals surface area contributed by atoms with Crippen molar-refractivity contribution >= 4 is 17.6 Å². The SMILES string of the molecule is O=C(O)CCC/C=C\C[C@@H]1[C@@H](CC[C@H](O)COc2cccc(Cl)c2)[C@H](O)C[C@@H]1O. The maximum absolute atomic E-state index is 10.5. The van der Waals surface area contributed by atoms with E-state index in [1.807, 2.05) is 12.2 Å². The molecule has 2 rings (SSSR count). The Morgan fingerprint density at radius 3 is 2.72 bits per heavy atom. The molecular formula is C22H31ClO6. The summed E-state index contributed by atoms with van der Waals surface area (Å²) in [7, 11) is 0. The van der Waals surface area contributed by atoms with Gasteiger partial charge in [0.15, 0.2) is 0 Å². The maximum atomic E-state index is 10.5. The van der Waals surface area contributed by atoms with Gasteiger partial charge in [-0.2, -0.15) is 0 Å². The van der Waals surface area contributed by atoms with Gasteiger partial charge in [-0.3, -0.25) is 4.79 Å². The van der Waals surface area contributed by atoms with Gasteiger partial charge in [-0.25, -0.2) is 0 Å². The predicted molar refractivity (Wildman–Crippen MR) is 111 cm³/mol. The third-order valence-corrected chi connectivity index (χ3v) is 5.66. The molecule has 4 N–H and O–H groups in total. The number of carboxylic acid groups (broad SMARTS) is 1. The Bertz CT molecular complexity index is 664. The highest BCUT2D eigenvalue weighted by atomic mass is 35.5. The lowest BCUT2D eigenvalue weighted by atomic mass is 9.86. The first-order chi connectivity index (χ1) is 13.9. The number of rotatable bonds is 12. The van der Waals surface area contributed by atoms with Crippen molar-refractivity contribution in [2.75, 3.05) is 6.61 Å². The quantitative estimate of drug-likeness (QED) is 0.301. The van der Waals surface area contributed by atoms with Crippen LogP contribution in [0.25, 0.3) is 0 Å². The highest BCUT2D eigenvalue weighted by Crippen LogP contribution is 2.38. The van der Waals surface area contributed by atoms with Gasteiger partial charge in [-0.15, -0.1) is 0 Å². The number of ether oxygens (including phenoxy) is 1. The zero-order chi connectivity index (χ0) is 21.2. The van der Waals surface area contributed by atoms with E-state index in [1.165, 1.54) is 0 Å². The Morgan fingerprint density at radius 1 is 1.24 bits per heavy atom. The van der Waals surface area contributed by atoms with Crippen LogP contribution in [0.5, 0.6) is 5.75 Å². The summed E-state index contributed by atoms with van der Waals surface area (Å²) in [5.74, 6) is -0.360. The molecule has 0 aliphatic heterocycles. The molecule has 0 spiro atoms. The maximum Gasteiger partial charge on any atom is 0.303 e. The van der Waals surface area contributed by atoms with E-state index < -0.39 is 24.3 Å². The van der Waals surface area contributed by atoms with Gasteiger partial charge in [0.2, 0.25) is 0 Å². The second-order valence-electron chi connectivity index (χ2n) is 7.69. The number of carboxylic acids is 1. The van der Waals surface area contributed by atoms with Gasteiger partial charge in [-0.1, -0.05) is 29.8 Å². The Balaban J connectivity index is 1.75. The largest absolute Gasteiger partial charge is 0.491 e. The molecule has 6 nitrogen and oxygen atoms in total. The Hall–Kier alpha value is -1.60. The molecule has 162 valence electrons. The highest BCUT2D eigenvalue weighted by Gasteiger charge is 2.40. The molecule has 0 aromatic heterocycles. The number of aliphatic carboxylic acids is 1. The van der Waals surface area contributed by atoms with Gasteiger partial charge in [0.1, 0.15) is 12.4 Å². The van der Waals surface area contributed by atoms with Crippen LogP contribution >= 0.6 is 11.6 Å². The minimum absolute atomic E-state index is 0.0678. The zero-order valence-corrected chi connectivity index (χ0v) is 17.2. The first-order valence-electron chi connectivity index (χ1n) is 10.2. The Morgan fingerprint density at radius 2 is 2.00 bits per heavy atom. The third kappa shape index (κ3) is 8.34. The van der Waals surface area contributed by atoms with E-state index in [-0.39, 0.29) is 24.9 Å². The fourth-order valence-corrected chi connectivity index (χ4v) is 4.05. The number of benzene rings is 1. The normalized spacial score (nSPS) is 25.4. The fraction of sp³-hybridized carbons (Fsp3) is 0.591. The van der Waals surface area contributed by atoms with E-state index >= 15 is 0 Å². The molecule has 1 aliphatic carbocycles. The lowest BCUT2D eigenvalue weighted by Gasteiger charge is -2.23. The molecule has 5 atom stereocenters. The third-order valence-electron chi connectivity index (χ3n) is 5.43. The van der Waals surface area contributed by atoms with E-state index in [1.54, 1.807) is 24.3 Å². The van der Waals surface area contributed by atoms with Gasteiger partial charge in [0.25, 0.3) is 0 Å².